The molecule has 0 aromatic carbocycles. The quantitative estimate of drug-likeness (QED) is 0.542. The van der Waals surface area contributed by atoms with Crippen LogP contribution in [0.5, 0.6) is 0 Å². The average molecular weight is 218 g/mol. The molecule has 2 atom stereocenters. The molecular formula is C10H22N2OS. The zero-order valence-electron chi connectivity index (χ0n) is 9.53. The molecule has 0 aromatic rings. The van der Waals surface area contributed by atoms with E-state index in [9.17, 15) is 4.79 Å². The van der Waals surface area contributed by atoms with Gasteiger partial charge in [-0.1, -0.05) is 20.8 Å². The van der Waals surface area contributed by atoms with E-state index in [1.807, 2.05) is 20.8 Å². The highest BCUT2D eigenvalue weighted by Crippen LogP contribution is 2.09. The Balaban J connectivity index is 3.99. The van der Waals surface area contributed by atoms with Crippen LogP contribution in [-0.4, -0.2) is 29.3 Å². The predicted octanol–water partition coefficient (Wildman–Crippen LogP) is 1.48. The molecule has 0 aliphatic rings. The van der Waals surface area contributed by atoms with Gasteiger partial charge in [-0.3, -0.25) is 4.79 Å². The van der Waals surface area contributed by atoms with Gasteiger partial charge in [0.05, 0.1) is 6.17 Å². The summed E-state index contributed by atoms with van der Waals surface area (Å²) in [7, 11) is 1.76. The molecule has 4 heteroatoms. The summed E-state index contributed by atoms with van der Waals surface area (Å²) in [6.07, 6.45) is 1.15. The van der Waals surface area contributed by atoms with Gasteiger partial charge in [0.1, 0.15) is 0 Å². The van der Waals surface area contributed by atoms with Crippen molar-refractivity contribution in [3.8, 4) is 0 Å². The predicted molar refractivity (Wildman–Crippen MR) is 63.3 cm³/mol. The molecule has 0 aliphatic heterocycles. The maximum atomic E-state index is 11.6. The maximum absolute atomic E-state index is 11.6. The molecule has 0 aromatic heterocycles. The first-order valence-corrected chi connectivity index (χ1v) is 5.57. The summed E-state index contributed by atoms with van der Waals surface area (Å²) < 4.78 is 0. The Labute approximate surface area is 92.4 Å². The molecule has 14 heavy (non-hydrogen) atoms. The van der Waals surface area contributed by atoms with Crippen molar-refractivity contribution in [3.05, 3.63) is 0 Å². The third kappa shape index (κ3) is 4.86. The van der Waals surface area contributed by atoms with Crippen LogP contribution in [0.2, 0.25) is 0 Å². The second kappa shape index (κ2) is 6.30. The first-order chi connectivity index (χ1) is 6.36. The molecule has 0 spiro atoms. The number of hydrogen-bond acceptors (Lipinski definition) is 3. The van der Waals surface area contributed by atoms with Crippen LogP contribution in [0.4, 0.5) is 0 Å². The molecule has 0 heterocycles. The molecule has 0 rings (SSSR count). The average Bonchev–Trinajstić information content (AvgIpc) is 2.11. The van der Waals surface area contributed by atoms with E-state index in [1.165, 1.54) is 0 Å². The minimum absolute atomic E-state index is 0.104. The van der Waals surface area contributed by atoms with Crippen LogP contribution in [0.3, 0.4) is 0 Å². The highest BCUT2D eigenvalue weighted by atomic mass is 32.1. The molecular weight excluding hydrogens is 196 g/mol. The van der Waals surface area contributed by atoms with Crippen LogP contribution in [0, 0.1) is 5.92 Å². The van der Waals surface area contributed by atoms with Gasteiger partial charge in [0.15, 0.2) is 0 Å². The Hall–Kier alpha value is -0.220. The van der Waals surface area contributed by atoms with Crippen molar-refractivity contribution in [1.82, 2.24) is 4.90 Å². The first-order valence-electron chi connectivity index (χ1n) is 5.05. The van der Waals surface area contributed by atoms with Gasteiger partial charge in [-0.05, 0) is 17.6 Å². The largest absolute Gasteiger partial charge is 0.330 e. The molecule has 0 bridgehead atoms. The Morgan fingerprint density at radius 2 is 1.93 bits per heavy atom. The van der Waals surface area contributed by atoms with E-state index in [2.05, 4.69) is 12.6 Å². The fourth-order valence-electron chi connectivity index (χ4n) is 1.12. The topological polar surface area (TPSA) is 46.3 Å². The molecule has 0 fully saturated rings. The molecule has 2 N–H and O–H groups in total. The van der Waals surface area contributed by atoms with Crippen LogP contribution in [0.1, 0.15) is 33.6 Å². The molecule has 0 saturated heterocycles. The SMILES string of the molecule is CC(S)CCC(=O)N(C)C(N)C(C)C. The van der Waals surface area contributed by atoms with E-state index in [-0.39, 0.29) is 23.2 Å². The number of carbonyl (C=O) groups is 1. The van der Waals surface area contributed by atoms with Crippen LogP contribution >= 0.6 is 12.6 Å². The summed E-state index contributed by atoms with van der Waals surface area (Å²) in [5.74, 6) is 0.393. The summed E-state index contributed by atoms with van der Waals surface area (Å²) in [5.41, 5.74) is 5.85. The van der Waals surface area contributed by atoms with Crippen LogP contribution in [0.25, 0.3) is 0 Å². The van der Waals surface area contributed by atoms with Gasteiger partial charge in [-0.15, -0.1) is 0 Å². The Bertz CT molecular complexity index is 183. The van der Waals surface area contributed by atoms with Gasteiger partial charge >= 0.3 is 0 Å². The molecule has 3 nitrogen and oxygen atoms in total. The van der Waals surface area contributed by atoms with Crippen molar-refractivity contribution in [2.45, 2.75) is 45.0 Å². The van der Waals surface area contributed by atoms with Gasteiger partial charge in [0.2, 0.25) is 5.91 Å². The summed E-state index contributed by atoms with van der Waals surface area (Å²) in [5, 5.41) is 0.266. The second-order valence-corrected chi connectivity index (χ2v) is 5.01. The van der Waals surface area contributed by atoms with Crippen molar-refractivity contribution in [2.24, 2.45) is 11.7 Å². The molecule has 2 unspecified atom stereocenters. The monoisotopic (exact) mass is 218 g/mol. The Kier molecular flexibility index (Phi) is 6.20. The van der Waals surface area contributed by atoms with Crippen molar-refractivity contribution in [2.75, 3.05) is 7.05 Å². The van der Waals surface area contributed by atoms with E-state index in [0.29, 0.717) is 6.42 Å². The first kappa shape index (κ1) is 13.8. The Morgan fingerprint density at radius 1 is 1.43 bits per heavy atom. The van der Waals surface area contributed by atoms with Gasteiger partial charge in [-0.2, -0.15) is 12.6 Å². The van der Waals surface area contributed by atoms with E-state index in [0.717, 1.165) is 6.42 Å². The number of nitrogens with two attached hydrogens (primary N) is 1. The van der Waals surface area contributed by atoms with E-state index in [1.54, 1.807) is 11.9 Å². The third-order valence-electron chi connectivity index (χ3n) is 2.30. The molecule has 0 radical (unpaired) electrons. The zero-order chi connectivity index (χ0) is 11.3. The van der Waals surface area contributed by atoms with Crippen molar-refractivity contribution < 1.29 is 4.79 Å². The van der Waals surface area contributed by atoms with Crippen molar-refractivity contribution in [3.63, 3.8) is 0 Å². The molecule has 1 amide bonds. The summed E-state index contributed by atoms with van der Waals surface area (Å²) in [4.78, 5) is 13.2. The van der Waals surface area contributed by atoms with Crippen LogP contribution in [-0.2, 0) is 4.79 Å². The summed E-state index contributed by atoms with van der Waals surface area (Å²) in [6, 6.07) is 0. The molecule has 0 saturated carbocycles. The van der Waals surface area contributed by atoms with Crippen LogP contribution in [0.15, 0.2) is 0 Å². The number of amides is 1. The van der Waals surface area contributed by atoms with Gasteiger partial charge < -0.3 is 10.6 Å². The zero-order valence-corrected chi connectivity index (χ0v) is 10.4. The lowest BCUT2D eigenvalue weighted by Gasteiger charge is -2.27. The minimum Gasteiger partial charge on any atom is -0.330 e. The molecule has 84 valence electrons. The van der Waals surface area contributed by atoms with Crippen molar-refractivity contribution >= 4 is 18.5 Å². The van der Waals surface area contributed by atoms with Gasteiger partial charge in [-0.25, -0.2) is 0 Å². The molecule has 0 aliphatic carbocycles. The van der Waals surface area contributed by atoms with Gasteiger partial charge in [0, 0.05) is 13.5 Å². The standard InChI is InChI=1S/C10H22N2OS/c1-7(2)10(11)12(4)9(13)6-5-8(3)14/h7-8,10,14H,5-6,11H2,1-4H3. The fourth-order valence-corrected chi connectivity index (χ4v) is 1.25. The van der Waals surface area contributed by atoms with E-state index in [4.69, 9.17) is 5.73 Å². The number of rotatable bonds is 5. The fraction of sp³-hybridized carbons (Fsp3) is 0.900. The smallest absolute Gasteiger partial charge is 0.223 e. The Morgan fingerprint density at radius 3 is 2.29 bits per heavy atom. The summed E-state index contributed by atoms with van der Waals surface area (Å²) >= 11 is 4.23. The highest BCUT2D eigenvalue weighted by molar-refractivity contribution is 7.80. The highest BCUT2D eigenvalue weighted by Gasteiger charge is 2.18. The lowest BCUT2D eigenvalue weighted by Crippen LogP contribution is -2.46. The lowest BCUT2D eigenvalue weighted by molar-refractivity contribution is -0.132. The summed E-state index contributed by atoms with van der Waals surface area (Å²) in [6.45, 7) is 6.00. The van der Waals surface area contributed by atoms with Crippen molar-refractivity contribution in [1.29, 1.82) is 0 Å². The van der Waals surface area contributed by atoms with E-state index >= 15 is 0 Å². The van der Waals surface area contributed by atoms with Crippen LogP contribution < -0.4 is 5.73 Å². The number of nitrogens with zero attached hydrogens (tertiary/aromatic N) is 1. The van der Waals surface area contributed by atoms with E-state index < -0.39 is 0 Å². The minimum atomic E-state index is -0.183. The van der Waals surface area contributed by atoms with Gasteiger partial charge in [0.25, 0.3) is 0 Å². The third-order valence-corrected chi connectivity index (χ3v) is 2.56. The maximum Gasteiger partial charge on any atom is 0.223 e. The second-order valence-electron chi connectivity index (χ2n) is 4.13. The number of hydrogen-bond donors (Lipinski definition) is 2. The lowest BCUT2D eigenvalue weighted by atomic mass is 10.1. The number of carbonyl (C=O) groups excluding carboxylic acids is 1. The normalized spacial score (nSPS) is 15.4. The number of thiol groups is 1.